The molecular weight excluding hydrogens is 285 g/mol. The molecule has 0 aliphatic rings. The van der Waals surface area contributed by atoms with Crippen molar-refractivity contribution in [3.05, 3.63) is 65.5 Å². The van der Waals surface area contributed by atoms with Gasteiger partial charge in [-0.05, 0) is 25.1 Å². The van der Waals surface area contributed by atoms with Gasteiger partial charge in [0, 0.05) is 24.1 Å². The van der Waals surface area contributed by atoms with Gasteiger partial charge < -0.3 is 4.90 Å². The molecule has 0 aliphatic carbocycles. The molecule has 21 heavy (non-hydrogen) atoms. The number of carbonyl (C=O) groups is 1. The zero-order valence-electron chi connectivity index (χ0n) is 12.2. The molecule has 0 unspecified atom stereocenters. The van der Waals surface area contributed by atoms with E-state index in [1.165, 1.54) is 23.4 Å². The Labute approximate surface area is 129 Å². The average Bonchev–Trinajstić information content (AvgIpc) is 2.47. The zero-order chi connectivity index (χ0) is 15.2. The van der Waals surface area contributed by atoms with Crippen molar-refractivity contribution in [1.82, 2.24) is 4.90 Å². The Kier molecular flexibility index (Phi) is 5.39. The highest BCUT2D eigenvalue weighted by molar-refractivity contribution is 8.00. The zero-order valence-corrected chi connectivity index (χ0v) is 13.0. The number of benzene rings is 2. The predicted octanol–water partition coefficient (Wildman–Crippen LogP) is 3.88. The lowest BCUT2D eigenvalue weighted by atomic mass is 10.2. The van der Waals surface area contributed by atoms with Crippen molar-refractivity contribution in [2.45, 2.75) is 18.4 Å². The van der Waals surface area contributed by atoms with Crippen LogP contribution in [0, 0.1) is 12.7 Å². The third-order valence-electron chi connectivity index (χ3n) is 3.14. The fraction of sp³-hybridized carbons (Fsp3) is 0.235. The van der Waals surface area contributed by atoms with Crippen molar-refractivity contribution in [3.8, 4) is 0 Å². The predicted molar refractivity (Wildman–Crippen MR) is 84.8 cm³/mol. The van der Waals surface area contributed by atoms with E-state index in [1.54, 1.807) is 30.1 Å². The van der Waals surface area contributed by atoms with Crippen LogP contribution in [0.1, 0.15) is 11.1 Å². The van der Waals surface area contributed by atoms with Crippen LogP contribution in [0.3, 0.4) is 0 Å². The molecule has 0 bridgehead atoms. The van der Waals surface area contributed by atoms with E-state index in [4.69, 9.17) is 0 Å². The lowest BCUT2D eigenvalue weighted by molar-refractivity contribution is -0.127. The third-order valence-corrected chi connectivity index (χ3v) is 4.12. The van der Waals surface area contributed by atoms with Crippen LogP contribution in [0.4, 0.5) is 4.39 Å². The number of nitrogens with zero attached hydrogens (tertiary/aromatic N) is 1. The number of aryl methyl sites for hydroxylation is 1. The largest absolute Gasteiger partial charge is 0.341 e. The second-order valence-corrected chi connectivity index (χ2v) is 6.00. The van der Waals surface area contributed by atoms with Crippen molar-refractivity contribution >= 4 is 17.7 Å². The lowest BCUT2D eigenvalue weighted by Crippen LogP contribution is -2.28. The van der Waals surface area contributed by atoms with Crippen LogP contribution >= 0.6 is 11.8 Å². The molecule has 4 heteroatoms. The number of halogens is 1. The van der Waals surface area contributed by atoms with Gasteiger partial charge >= 0.3 is 0 Å². The minimum Gasteiger partial charge on any atom is -0.341 e. The summed E-state index contributed by atoms with van der Waals surface area (Å²) in [7, 11) is 1.70. The molecule has 0 atom stereocenters. The Hall–Kier alpha value is -1.81. The molecule has 2 aromatic carbocycles. The topological polar surface area (TPSA) is 20.3 Å². The molecule has 0 N–H and O–H groups in total. The lowest BCUT2D eigenvalue weighted by Gasteiger charge is -2.17. The van der Waals surface area contributed by atoms with Gasteiger partial charge in [-0.1, -0.05) is 35.9 Å². The molecule has 0 aliphatic heterocycles. The van der Waals surface area contributed by atoms with Crippen molar-refractivity contribution < 1.29 is 9.18 Å². The van der Waals surface area contributed by atoms with Gasteiger partial charge in [-0.2, -0.15) is 0 Å². The molecular formula is C17H18FNOS. The molecule has 0 heterocycles. The van der Waals surface area contributed by atoms with Gasteiger partial charge in [0.2, 0.25) is 5.91 Å². The first-order valence-corrected chi connectivity index (χ1v) is 7.71. The number of thioether (sulfide) groups is 1. The van der Waals surface area contributed by atoms with E-state index in [0.29, 0.717) is 17.9 Å². The summed E-state index contributed by atoms with van der Waals surface area (Å²) < 4.78 is 13.6. The molecule has 0 radical (unpaired) electrons. The van der Waals surface area contributed by atoms with Crippen molar-refractivity contribution in [2.75, 3.05) is 12.8 Å². The van der Waals surface area contributed by atoms with Gasteiger partial charge in [0.15, 0.2) is 0 Å². The fourth-order valence-corrected chi connectivity index (χ4v) is 2.89. The maximum atomic E-state index is 13.6. The Balaban J connectivity index is 1.90. The summed E-state index contributed by atoms with van der Waals surface area (Å²) in [5.74, 6) is 0.0715. The summed E-state index contributed by atoms with van der Waals surface area (Å²) in [5.41, 5.74) is 1.71. The third kappa shape index (κ3) is 4.60. The van der Waals surface area contributed by atoms with Crippen LogP contribution in [-0.4, -0.2) is 23.6 Å². The first kappa shape index (κ1) is 15.6. The molecule has 1 amide bonds. The maximum absolute atomic E-state index is 13.6. The number of hydrogen-bond acceptors (Lipinski definition) is 2. The van der Waals surface area contributed by atoms with Crippen molar-refractivity contribution in [1.29, 1.82) is 0 Å². The van der Waals surface area contributed by atoms with E-state index in [9.17, 15) is 9.18 Å². The first-order valence-electron chi connectivity index (χ1n) is 6.73. The van der Waals surface area contributed by atoms with E-state index in [-0.39, 0.29) is 11.7 Å². The van der Waals surface area contributed by atoms with Crippen molar-refractivity contribution in [3.63, 3.8) is 0 Å². The summed E-state index contributed by atoms with van der Waals surface area (Å²) in [5, 5.41) is 0. The van der Waals surface area contributed by atoms with Gasteiger partial charge in [-0.15, -0.1) is 11.8 Å². The number of carbonyl (C=O) groups excluding carboxylic acids is 1. The Morgan fingerprint density at radius 3 is 2.67 bits per heavy atom. The van der Waals surface area contributed by atoms with Crippen LogP contribution in [0.15, 0.2) is 53.4 Å². The van der Waals surface area contributed by atoms with E-state index >= 15 is 0 Å². The molecule has 0 saturated heterocycles. The summed E-state index contributed by atoms with van der Waals surface area (Å²) in [4.78, 5) is 14.7. The quantitative estimate of drug-likeness (QED) is 0.781. The Morgan fingerprint density at radius 1 is 1.19 bits per heavy atom. The average molecular weight is 303 g/mol. The molecule has 2 rings (SSSR count). The molecule has 2 aromatic rings. The van der Waals surface area contributed by atoms with Crippen LogP contribution in [0.5, 0.6) is 0 Å². The summed E-state index contributed by atoms with van der Waals surface area (Å²) in [6.45, 7) is 2.32. The monoisotopic (exact) mass is 303 g/mol. The summed E-state index contributed by atoms with van der Waals surface area (Å²) in [6, 6.07) is 14.6. The number of hydrogen-bond donors (Lipinski definition) is 0. The Bertz CT molecular complexity index is 630. The normalized spacial score (nSPS) is 10.4. The second kappa shape index (κ2) is 7.27. The second-order valence-electron chi connectivity index (χ2n) is 4.95. The molecule has 0 aromatic heterocycles. The van der Waals surface area contributed by atoms with Crippen LogP contribution < -0.4 is 0 Å². The highest BCUT2D eigenvalue weighted by Gasteiger charge is 2.11. The van der Waals surface area contributed by atoms with Gasteiger partial charge in [-0.25, -0.2) is 4.39 Å². The number of amides is 1. The minimum atomic E-state index is -0.275. The SMILES string of the molecule is Cc1cccc(SCC(=O)N(C)Cc2ccccc2F)c1. The Morgan fingerprint density at radius 2 is 1.95 bits per heavy atom. The molecule has 2 nitrogen and oxygen atoms in total. The molecule has 110 valence electrons. The van der Waals surface area contributed by atoms with Crippen LogP contribution in [0.25, 0.3) is 0 Å². The maximum Gasteiger partial charge on any atom is 0.232 e. The standard InChI is InChI=1S/C17H18FNOS/c1-13-6-5-8-15(10-13)21-12-17(20)19(2)11-14-7-3-4-9-16(14)18/h3-10H,11-12H2,1-2H3. The smallest absolute Gasteiger partial charge is 0.232 e. The van der Waals surface area contributed by atoms with Gasteiger partial charge in [0.1, 0.15) is 5.82 Å². The summed E-state index contributed by atoms with van der Waals surface area (Å²) >= 11 is 1.50. The highest BCUT2D eigenvalue weighted by Crippen LogP contribution is 2.19. The van der Waals surface area contributed by atoms with E-state index in [2.05, 4.69) is 6.07 Å². The molecule has 0 spiro atoms. The minimum absolute atomic E-state index is 0.00948. The van der Waals surface area contributed by atoms with Gasteiger partial charge in [0.25, 0.3) is 0 Å². The van der Waals surface area contributed by atoms with E-state index in [0.717, 1.165) is 4.90 Å². The summed E-state index contributed by atoms with van der Waals surface area (Å²) in [6.07, 6.45) is 0. The van der Waals surface area contributed by atoms with Crippen LogP contribution in [-0.2, 0) is 11.3 Å². The van der Waals surface area contributed by atoms with E-state index in [1.807, 2.05) is 25.1 Å². The number of rotatable bonds is 5. The van der Waals surface area contributed by atoms with Crippen LogP contribution in [0.2, 0.25) is 0 Å². The molecule has 0 saturated carbocycles. The van der Waals surface area contributed by atoms with E-state index < -0.39 is 0 Å². The molecule has 0 fully saturated rings. The van der Waals surface area contributed by atoms with Crippen molar-refractivity contribution in [2.24, 2.45) is 0 Å². The fourth-order valence-electron chi connectivity index (χ4n) is 1.93. The van der Waals surface area contributed by atoms with Gasteiger partial charge in [-0.3, -0.25) is 4.79 Å². The van der Waals surface area contributed by atoms with Gasteiger partial charge in [0.05, 0.1) is 5.75 Å². The first-order chi connectivity index (χ1) is 10.1. The highest BCUT2D eigenvalue weighted by atomic mass is 32.2.